The quantitative estimate of drug-likeness (QED) is 0.565. The Balaban J connectivity index is 2.96. The van der Waals surface area contributed by atoms with Gasteiger partial charge in [-0.25, -0.2) is 12.8 Å². The number of carbonyl (C=O) groups is 1. The zero-order valence-corrected chi connectivity index (χ0v) is 13.4. The van der Waals surface area contributed by atoms with Crippen molar-refractivity contribution < 1.29 is 22.3 Å². The SMILES string of the molecule is CCOCCN(CC)C(=O)c1ccc(S(=O)(=O)Cl)cc1F. The molecule has 0 unspecified atom stereocenters. The molecular weight excluding hydrogens is 321 g/mol. The van der Waals surface area contributed by atoms with Crippen molar-refractivity contribution in [2.45, 2.75) is 18.7 Å². The molecule has 0 atom stereocenters. The zero-order valence-electron chi connectivity index (χ0n) is 11.8. The highest BCUT2D eigenvalue weighted by atomic mass is 35.7. The fourth-order valence-electron chi connectivity index (χ4n) is 1.71. The Morgan fingerprint density at radius 2 is 2.05 bits per heavy atom. The Kier molecular flexibility index (Phi) is 6.57. The largest absolute Gasteiger partial charge is 0.380 e. The molecule has 0 heterocycles. The summed E-state index contributed by atoms with van der Waals surface area (Å²) in [4.78, 5) is 13.2. The highest BCUT2D eigenvalue weighted by Crippen LogP contribution is 2.19. The maximum atomic E-state index is 13.9. The summed E-state index contributed by atoms with van der Waals surface area (Å²) in [6.07, 6.45) is 0. The van der Waals surface area contributed by atoms with Gasteiger partial charge in [-0.3, -0.25) is 4.79 Å². The summed E-state index contributed by atoms with van der Waals surface area (Å²) in [6, 6.07) is 2.97. The minimum atomic E-state index is -4.02. The first-order valence-corrected chi connectivity index (χ1v) is 8.73. The lowest BCUT2D eigenvalue weighted by Gasteiger charge is -2.21. The third-order valence-corrected chi connectivity index (χ3v) is 4.18. The van der Waals surface area contributed by atoms with Crippen LogP contribution in [0.5, 0.6) is 0 Å². The Hall–Kier alpha value is -1.18. The number of hydrogen-bond donors (Lipinski definition) is 0. The van der Waals surface area contributed by atoms with Gasteiger partial charge in [-0.2, -0.15) is 0 Å². The van der Waals surface area contributed by atoms with Crippen molar-refractivity contribution >= 4 is 25.6 Å². The number of carbonyl (C=O) groups excluding carboxylic acids is 1. The van der Waals surface area contributed by atoms with Gasteiger partial charge in [0, 0.05) is 30.4 Å². The van der Waals surface area contributed by atoms with E-state index in [1.807, 2.05) is 6.92 Å². The Morgan fingerprint density at radius 3 is 2.52 bits per heavy atom. The normalized spacial score (nSPS) is 11.4. The standard InChI is InChI=1S/C13H17ClFNO4S/c1-3-16(7-8-20-4-2)13(17)11-6-5-10(9-12(11)15)21(14,18)19/h5-6,9H,3-4,7-8H2,1-2H3. The van der Waals surface area contributed by atoms with E-state index in [0.717, 1.165) is 18.2 Å². The van der Waals surface area contributed by atoms with Crippen molar-refractivity contribution in [2.75, 3.05) is 26.3 Å². The van der Waals surface area contributed by atoms with Crippen molar-refractivity contribution in [1.29, 1.82) is 0 Å². The van der Waals surface area contributed by atoms with Gasteiger partial charge in [0.15, 0.2) is 0 Å². The van der Waals surface area contributed by atoms with E-state index in [4.69, 9.17) is 15.4 Å². The molecule has 1 aromatic rings. The second-order valence-electron chi connectivity index (χ2n) is 4.16. The first kappa shape index (κ1) is 17.9. The minimum Gasteiger partial charge on any atom is -0.380 e. The van der Waals surface area contributed by atoms with Gasteiger partial charge >= 0.3 is 0 Å². The molecular formula is C13H17ClFNO4S. The summed E-state index contributed by atoms with van der Waals surface area (Å²) in [7, 11) is 1.11. The van der Waals surface area contributed by atoms with E-state index in [1.165, 1.54) is 4.90 Å². The molecule has 1 amide bonds. The lowest BCUT2D eigenvalue weighted by molar-refractivity contribution is 0.0664. The van der Waals surface area contributed by atoms with Crippen LogP contribution >= 0.6 is 10.7 Å². The van der Waals surface area contributed by atoms with E-state index in [1.54, 1.807) is 6.92 Å². The van der Waals surface area contributed by atoms with Crippen molar-refractivity contribution in [2.24, 2.45) is 0 Å². The number of halogens is 2. The molecule has 0 bridgehead atoms. The van der Waals surface area contributed by atoms with Gasteiger partial charge in [0.1, 0.15) is 5.82 Å². The van der Waals surface area contributed by atoms with Crippen LogP contribution in [0.3, 0.4) is 0 Å². The number of ether oxygens (including phenoxy) is 1. The summed E-state index contributed by atoms with van der Waals surface area (Å²) in [5, 5.41) is 0. The number of rotatable bonds is 7. The number of amides is 1. The van der Waals surface area contributed by atoms with Crippen molar-refractivity contribution in [1.82, 2.24) is 4.90 Å². The van der Waals surface area contributed by atoms with Gasteiger partial charge in [-0.05, 0) is 32.0 Å². The van der Waals surface area contributed by atoms with E-state index in [2.05, 4.69) is 0 Å². The Labute approximate surface area is 128 Å². The Morgan fingerprint density at radius 1 is 1.38 bits per heavy atom. The Bertz CT molecular complexity index is 606. The maximum Gasteiger partial charge on any atom is 0.261 e. The smallest absolute Gasteiger partial charge is 0.261 e. The van der Waals surface area contributed by atoms with Crippen LogP contribution in [0.4, 0.5) is 4.39 Å². The molecule has 0 N–H and O–H groups in total. The maximum absolute atomic E-state index is 13.9. The van der Waals surface area contributed by atoms with Crippen LogP contribution in [0.2, 0.25) is 0 Å². The van der Waals surface area contributed by atoms with Crippen LogP contribution < -0.4 is 0 Å². The predicted molar refractivity (Wildman–Crippen MR) is 77.5 cm³/mol. The minimum absolute atomic E-state index is 0.197. The molecule has 0 fully saturated rings. The molecule has 1 aromatic carbocycles. The summed E-state index contributed by atoms with van der Waals surface area (Å²) in [6.45, 7) is 5.20. The molecule has 5 nitrogen and oxygen atoms in total. The van der Waals surface area contributed by atoms with Crippen LogP contribution in [0.1, 0.15) is 24.2 Å². The van der Waals surface area contributed by atoms with Gasteiger partial charge in [0.05, 0.1) is 17.1 Å². The fourth-order valence-corrected chi connectivity index (χ4v) is 2.48. The van der Waals surface area contributed by atoms with Crippen LogP contribution in [0.25, 0.3) is 0 Å². The number of hydrogen-bond acceptors (Lipinski definition) is 4. The molecule has 0 aromatic heterocycles. The molecule has 0 saturated carbocycles. The fraction of sp³-hybridized carbons (Fsp3) is 0.462. The molecule has 21 heavy (non-hydrogen) atoms. The summed E-state index contributed by atoms with van der Waals surface area (Å²) in [5.74, 6) is -1.44. The first-order chi connectivity index (χ1) is 9.81. The van der Waals surface area contributed by atoms with Gasteiger partial charge in [-0.15, -0.1) is 0 Å². The van der Waals surface area contributed by atoms with Crippen LogP contribution in [0.15, 0.2) is 23.1 Å². The number of benzene rings is 1. The topological polar surface area (TPSA) is 63.7 Å². The van der Waals surface area contributed by atoms with Crippen LogP contribution in [-0.4, -0.2) is 45.5 Å². The van der Waals surface area contributed by atoms with E-state index >= 15 is 0 Å². The molecule has 8 heteroatoms. The monoisotopic (exact) mass is 337 g/mol. The summed E-state index contributed by atoms with van der Waals surface area (Å²) < 4.78 is 41.3. The third-order valence-electron chi connectivity index (χ3n) is 2.83. The van der Waals surface area contributed by atoms with Gasteiger partial charge < -0.3 is 9.64 Å². The summed E-state index contributed by atoms with van der Waals surface area (Å²) >= 11 is 0. The molecule has 0 saturated heterocycles. The lowest BCUT2D eigenvalue weighted by Crippen LogP contribution is -2.34. The molecule has 0 aliphatic rings. The molecule has 0 aliphatic heterocycles. The van der Waals surface area contributed by atoms with Gasteiger partial charge in [0.25, 0.3) is 15.0 Å². The summed E-state index contributed by atoms with van der Waals surface area (Å²) in [5.41, 5.74) is -0.197. The van der Waals surface area contributed by atoms with Crippen molar-refractivity contribution in [3.63, 3.8) is 0 Å². The van der Waals surface area contributed by atoms with E-state index in [0.29, 0.717) is 26.3 Å². The average Bonchev–Trinajstić information content (AvgIpc) is 2.42. The highest BCUT2D eigenvalue weighted by Gasteiger charge is 2.20. The van der Waals surface area contributed by atoms with E-state index < -0.39 is 20.8 Å². The number of nitrogens with zero attached hydrogens (tertiary/aromatic N) is 1. The lowest BCUT2D eigenvalue weighted by atomic mass is 10.2. The zero-order chi connectivity index (χ0) is 16.0. The van der Waals surface area contributed by atoms with Crippen molar-refractivity contribution in [3.05, 3.63) is 29.6 Å². The molecule has 0 aliphatic carbocycles. The van der Waals surface area contributed by atoms with Gasteiger partial charge in [0.2, 0.25) is 0 Å². The highest BCUT2D eigenvalue weighted by molar-refractivity contribution is 8.13. The molecule has 0 radical (unpaired) electrons. The molecule has 1 rings (SSSR count). The van der Waals surface area contributed by atoms with E-state index in [-0.39, 0.29) is 10.5 Å². The first-order valence-electron chi connectivity index (χ1n) is 6.42. The van der Waals surface area contributed by atoms with Crippen LogP contribution in [0, 0.1) is 5.82 Å². The molecule has 0 spiro atoms. The van der Waals surface area contributed by atoms with Crippen LogP contribution in [-0.2, 0) is 13.8 Å². The second-order valence-corrected chi connectivity index (χ2v) is 6.73. The molecule has 118 valence electrons. The second kappa shape index (κ2) is 7.72. The third kappa shape index (κ3) is 4.94. The van der Waals surface area contributed by atoms with E-state index in [9.17, 15) is 17.6 Å². The van der Waals surface area contributed by atoms with Gasteiger partial charge in [-0.1, -0.05) is 0 Å². The number of likely N-dealkylation sites (N-methyl/N-ethyl adjacent to an activating group) is 1. The predicted octanol–water partition coefficient (Wildman–Crippen LogP) is 2.25. The van der Waals surface area contributed by atoms with Crippen molar-refractivity contribution in [3.8, 4) is 0 Å². The average molecular weight is 338 g/mol.